The van der Waals surface area contributed by atoms with Gasteiger partial charge in [-0.05, 0) is 63.0 Å². The molecule has 1 aromatic carbocycles. The van der Waals surface area contributed by atoms with Crippen LogP contribution in [0.25, 0.3) is 0 Å². The third-order valence-corrected chi connectivity index (χ3v) is 5.13. The Morgan fingerprint density at radius 1 is 1.19 bits per heavy atom. The Labute approximate surface area is 126 Å². The minimum absolute atomic E-state index is 0.121. The van der Waals surface area contributed by atoms with Crippen LogP contribution in [0.5, 0.6) is 0 Å². The zero-order chi connectivity index (χ0) is 14.8. The summed E-state index contributed by atoms with van der Waals surface area (Å²) in [5.41, 5.74) is 4.29. The third-order valence-electron chi connectivity index (χ3n) is 5.13. The number of carboxylic acids is 1. The summed E-state index contributed by atoms with van der Waals surface area (Å²) in [5.74, 6) is -0.740. The van der Waals surface area contributed by atoms with Crippen molar-refractivity contribution in [2.75, 3.05) is 0 Å². The van der Waals surface area contributed by atoms with Crippen LogP contribution in [0.3, 0.4) is 0 Å². The van der Waals surface area contributed by atoms with Gasteiger partial charge in [0.2, 0.25) is 0 Å². The van der Waals surface area contributed by atoms with E-state index in [4.69, 9.17) is 5.11 Å². The van der Waals surface area contributed by atoms with E-state index in [1.54, 1.807) is 0 Å². The van der Waals surface area contributed by atoms with Crippen LogP contribution in [-0.2, 0) is 11.2 Å². The van der Waals surface area contributed by atoms with Gasteiger partial charge in [-0.25, -0.2) is 0 Å². The van der Waals surface area contributed by atoms with Gasteiger partial charge in [0.25, 0.3) is 0 Å². The monoisotopic (exact) mass is 287 g/mol. The van der Waals surface area contributed by atoms with E-state index in [0.717, 1.165) is 25.7 Å². The molecule has 1 atom stereocenters. The standard InChI is InChI=1S/C18H25NO2/c1-12-5-6-13-3-2-4-17(16(13)11-12)19-15-9-7-14(8-10-15)18(20)21/h5-6,11,14-15,17,19H,2-4,7-10H2,1H3,(H,20,21)/t14?,15?,17-/m1/s1. The van der Waals surface area contributed by atoms with E-state index in [1.807, 2.05) is 0 Å². The first-order valence-corrected chi connectivity index (χ1v) is 8.22. The van der Waals surface area contributed by atoms with Gasteiger partial charge in [-0.2, -0.15) is 0 Å². The average molecular weight is 287 g/mol. The Morgan fingerprint density at radius 2 is 1.95 bits per heavy atom. The van der Waals surface area contributed by atoms with Crippen LogP contribution in [0.1, 0.15) is 61.3 Å². The molecule has 3 nitrogen and oxygen atoms in total. The highest BCUT2D eigenvalue weighted by atomic mass is 16.4. The SMILES string of the molecule is Cc1ccc2c(c1)[C@H](NC1CCC(C(=O)O)CC1)CCC2. The summed E-state index contributed by atoms with van der Waals surface area (Å²) in [6.45, 7) is 2.16. The Balaban J connectivity index is 1.65. The molecule has 3 heteroatoms. The summed E-state index contributed by atoms with van der Waals surface area (Å²) < 4.78 is 0. The summed E-state index contributed by atoms with van der Waals surface area (Å²) in [6.07, 6.45) is 7.27. The molecule has 0 unspecified atom stereocenters. The largest absolute Gasteiger partial charge is 0.481 e. The van der Waals surface area contributed by atoms with Gasteiger partial charge in [0.1, 0.15) is 0 Å². The van der Waals surface area contributed by atoms with Crippen molar-refractivity contribution >= 4 is 5.97 Å². The van der Waals surface area contributed by atoms with Gasteiger partial charge in [-0.15, -0.1) is 0 Å². The van der Waals surface area contributed by atoms with Gasteiger partial charge in [0.05, 0.1) is 5.92 Å². The second kappa shape index (κ2) is 6.18. The highest BCUT2D eigenvalue weighted by Crippen LogP contribution is 2.33. The van der Waals surface area contributed by atoms with Gasteiger partial charge < -0.3 is 10.4 Å². The molecular formula is C18H25NO2. The second-order valence-corrected chi connectivity index (χ2v) is 6.70. The normalized spacial score (nSPS) is 28.9. The van der Waals surface area contributed by atoms with E-state index in [9.17, 15) is 4.79 Å². The van der Waals surface area contributed by atoms with Crippen molar-refractivity contribution in [3.63, 3.8) is 0 Å². The van der Waals surface area contributed by atoms with Crippen LogP contribution >= 0.6 is 0 Å². The number of carbonyl (C=O) groups is 1. The van der Waals surface area contributed by atoms with Crippen molar-refractivity contribution in [3.8, 4) is 0 Å². The lowest BCUT2D eigenvalue weighted by molar-refractivity contribution is -0.142. The lowest BCUT2D eigenvalue weighted by Crippen LogP contribution is -2.38. The van der Waals surface area contributed by atoms with Gasteiger partial charge in [-0.3, -0.25) is 4.79 Å². The number of hydrogen-bond acceptors (Lipinski definition) is 2. The summed E-state index contributed by atoms with van der Waals surface area (Å²) >= 11 is 0. The predicted molar refractivity (Wildman–Crippen MR) is 83.4 cm³/mol. The summed E-state index contributed by atoms with van der Waals surface area (Å²) in [5, 5.41) is 12.9. The maximum absolute atomic E-state index is 11.0. The summed E-state index contributed by atoms with van der Waals surface area (Å²) in [4.78, 5) is 11.0. The molecule has 1 saturated carbocycles. The summed E-state index contributed by atoms with van der Waals surface area (Å²) in [6, 6.07) is 7.76. The molecule has 2 aliphatic carbocycles. The Kier molecular flexibility index (Phi) is 4.29. The maximum atomic E-state index is 11.0. The molecule has 0 saturated heterocycles. The van der Waals surface area contributed by atoms with Crippen LogP contribution in [0.15, 0.2) is 18.2 Å². The molecule has 3 rings (SSSR count). The van der Waals surface area contributed by atoms with Crippen molar-refractivity contribution < 1.29 is 9.90 Å². The van der Waals surface area contributed by atoms with Gasteiger partial charge in [0.15, 0.2) is 0 Å². The Hall–Kier alpha value is -1.35. The van der Waals surface area contributed by atoms with Crippen LogP contribution in [0.2, 0.25) is 0 Å². The number of rotatable bonds is 3. The molecule has 0 radical (unpaired) electrons. The van der Waals surface area contributed by atoms with Crippen molar-refractivity contribution in [1.82, 2.24) is 5.32 Å². The zero-order valence-corrected chi connectivity index (χ0v) is 12.8. The van der Waals surface area contributed by atoms with E-state index in [0.29, 0.717) is 12.1 Å². The molecule has 1 aromatic rings. The van der Waals surface area contributed by atoms with Crippen LogP contribution < -0.4 is 5.32 Å². The number of fused-ring (bicyclic) bond motifs is 1. The van der Waals surface area contributed by atoms with E-state index >= 15 is 0 Å². The van der Waals surface area contributed by atoms with E-state index in [1.165, 1.54) is 36.0 Å². The Morgan fingerprint density at radius 3 is 2.67 bits per heavy atom. The molecule has 21 heavy (non-hydrogen) atoms. The highest BCUT2D eigenvalue weighted by molar-refractivity contribution is 5.70. The van der Waals surface area contributed by atoms with Crippen LogP contribution in [-0.4, -0.2) is 17.1 Å². The molecule has 0 heterocycles. The topological polar surface area (TPSA) is 49.3 Å². The fraction of sp³-hybridized carbons (Fsp3) is 0.611. The third kappa shape index (κ3) is 3.29. The lowest BCUT2D eigenvalue weighted by Gasteiger charge is -2.34. The fourth-order valence-electron chi connectivity index (χ4n) is 3.88. The van der Waals surface area contributed by atoms with Crippen LogP contribution in [0.4, 0.5) is 0 Å². The average Bonchev–Trinajstić information content (AvgIpc) is 2.48. The van der Waals surface area contributed by atoms with Gasteiger partial charge in [-0.1, -0.05) is 23.8 Å². The minimum Gasteiger partial charge on any atom is -0.481 e. The molecule has 0 bridgehead atoms. The first-order chi connectivity index (χ1) is 10.1. The molecule has 2 N–H and O–H groups in total. The number of nitrogens with one attached hydrogen (secondary N) is 1. The first kappa shape index (κ1) is 14.6. The minimum atomic E-state index is -0.618. The second-order valence-electron chi connectivity index (χ2n) is 6.70. The number of carboxylic acid groups (broad SMARTS) is 1. The van der Waals surface area contributed by atoms with E-state index in [2.05, 4.69) is 30.4 Å². The highest BCUT2D eigenvalue weighted by Gasteiger charge is 2.28. The molecule has 114 valence electrons. The zero-order valence-electron chi connectivity index (χ0n) is 12.8. The maximum Gasteiger partial charge on any atom is 0.306 e. The number of aliphatic carboxylic acids is 1. The Bertz CT molecular complexity index is 518. The molecule has 0 aromatic heterocycles. The number of aryl methyl sites for hydroxylation is 2. The molecule has 0 aliphatic heterocycles. The van der Waals surface area contributed by atoms with Gasteiger partial charge in [0, 0.05) is 12.1 Å². The number of benzene rings is 1. The van der Waals surface area contributed by atoms with E-state index in [-0.39, 0.29) is 5.92 Å². The predicted octanol–water partition coefficient (Wildman–Crippen LogP) is 3.61. The molecule has 1 fully saturated rings. The van der Waals surface area contributed by atoms with Crippen molar-refractivity contribution in [3.05, 3.63) is 34.9 Å². The molecule has 0 amide bonds. The lowest BCUT2D eigenvalue weighted by atomic mass is 9.83. The molecular weight excluding hydrogens is 262 g/mol. The molecule has 0 spiro atoms. The van der Waals surface area contributed by atoms with Crippen molar-refractivity contribution in [2.24, 2.45) is 5.92 Å². The summed E-state index contributed by atoms with van der Waals surface area (Å²) in [7, 11) is 0. The smallest absolute Gasteiger partial charge is 0.306 e. The van der Waals surface area contributed by atoms with Crippen molar-refractivity contribution in [2.45, 2.75) is 64.0 Å². The first-order valence-electron chi connectivity index (χ1n) is 8.22. The number of hydrogen-bond donors (Lipinski definition) is 2. The quantitative estimate of drug-likeness (QED) is 0.893. The van der Waals surface area contributed by atoms with Gasteiger partial charge >= 0.3 is 5.97 Å². The van der Waals surface area contributed by atoms with Crippen molar-refractivity contribution in [1.29, 1.82) is 0 Å². The van der Waals surface area contributed by atoms with E-state index < -0.39 is 5.97 Å². The van der Waals surface area contributed by atoms with Crippen LogP contribution in [0, 0.1) is 12.8 Å². The molecule has 2 aliphatic rings. The fourth-order valence-corrected chi connectivity index (χ4v) is 3.88.